The number of sulfonamides is 1. The second-order valence-corrected chi connectivity index (χ2v) is 6.55. The third kappa shape index (κ3) is 3.19. The van der Waals surface area contributed by atoms with E-state index in [9.17, 15) is 8.42 Å². The van der Waals surface area contributed by atoms with Gasteiger partial charge in [-0.2, -0.15) is 0 Å². The van der Waals surface area contributed by atoms with Crippen molar-refractivity contribution >= 4 is 15.7 Å². The first-order valence-corrected chi connectivity index (χ1v) is 8.16. The lowest BCUT2D eigenvalue weighted by Crippen LogP contribution is -2.30. The zero-order chi connectivity index (χ0) is 15.5. The molecule has 0 atom stereocenters. The summed E-state index contributed by atoms with van der Waals surface area (Å²) >= 11 is 0. The summed E-state index contributed by atoms with van der Waals surface area (Å²) in [4.78, 5) is 0.290. The monoisotopic (exact) mass is 305 g/mol. The maximum absolute atomic E-state index is 12.8. The van der Waals surface area contributed by atoms with Crippen molar-refractivity contribution in [3.05, 3.63) is 54.1 Å². The standard InChI is InChI=1S/C16H19NO3S/c1-4-17(14-6-5-7-15(12-14)20-3)21(18,19)16-10-8-13(2)9-11-16/h5-12H,4H2,1-3H3. The molecule has 0 aliphatic rings. The van der Waals surface area contributed by atoms with Crippen LogP contribution in [-0.2, 0) is 10.0 Å². The van der Waals surface area contributed by atoms with Crippen molar-refractivity contribution in [2.45, 2.75) is 18.7 Å². The zero-order valence-corrected chi connectivity index (χ0v) is 13.2. The molecule has 112 valence electrons. The Labute approximate surface area is 126 Å². The number of aryl methyl sites for hydroxylation is 1. The number of anilines is 1. The van der Waals surface area contributed by atoms with Crippen molar-refractivity contribution in [2.24, 2.45) is 0 Å². The topological polar surface area (TPSA) is 46.6 Å². The van der Waals surface area contributed by atoms with E-state index in [1.165, 1.54) is 4.31 Å². The van der Waals surface area contributed by atoms with Gasteiger partial charge in [-0.15, -0.1) is 0 Å². The lowest BCUT2D eigenvalue weighted by Gasteiger charge is -2.23. The van der Waals surface area contributed by atoms with E-state index in [4.69, 9.17) is 4.74 Å². The first kappa shape index (κ1) is 15.4. The van der Waals surface area contributed by atoms with Crippen LogP contribution in [0.15, 0.2) is 53.4 Å². The van der Waals surface area contributed by atoms with Gasteiger partial charge in [-0.3, -0.25) is 4.31 Å². The highest BCUT2D eigenvalue weighted by Gasteiger charge is 2.23. The van der Waals surface area contributed by atoms with Gasteiger partial charge in [-0.25, -0.2) is 8.42 Å². The first-order chi connectivity index (χ1) is 9.98. The molecule has 0 N–H and O–H groups in total. The van der Waals surface area contributed by atoms with Gasteiger partial charge in [-0.05, 0) is 38.1 Å². The molecular weight excluding hydrogens is 286 g/mol. The predicted molar refractivity (Wildman–Crippen MR) is 84.4 cm³/mol. The molecule has 0 unspecified atom stereocenters. The Morgan fingerprint density at radius 1 is 1.10 bits per heavy atom. The minimum atomic E-state index is -3.57. The Morgan fingerprint density at radius 2 is 1.76 bits per heavy atom. The van der Waals surface area contributed by atoms with Crippen molar-refractivity contribution in [3.8, 4) is 5.75 Å². The molecule has 0 aliphatic carbocycles. The van der Waals surface area contributed by atoms with Gasteiger partial charge in [0.15, 0.2) is 0 Å². The summed E-state index contributed by atoms with van der Waals surface area (Å²) < 4.78 is 32.1. The highest BCUT2D eigenvalue weighted by atomic mass is 32.2. The maximum atomic E-state index is 12.8. The summed E-state index contributed by atoms with van der Waals surface area (Å²) in [5.74, 6) is 0.630. The zero-order valence-electron chi connectivity index (χ0n) is 12.4. The number of nitrogens with zero attached hydrogens (tertiary/aromatic N) is 1. The third-order valence-corrected chi connectivity index (χ3v) is 5.15. The fourth-order valence-electron chi connectivity index (χ4n) is 2.09. The van der Waals surface area contributed by atoms with Crippen molar-refractivity contribution in [1.29, 1.82) is 0 Å². The average Bonchev–Trinajstić information content (AvgIpc) is 2.48. The van der Waals surface area contributed by atoms with Crippen LogP contribution in [0.2, 0.25) is 0 Å². The van der Waals surface area contributed by atoms with Gasteiger partial charge in [0.2, 0.25) is 0 Å². The fourth-order valence-corrected chi connectivity index (χ4v) is 3.56. The van der Waals surface area contributed by atoms with E-state index >= 15 is 0 Å². The Hall–Kier alpha value is -2.01. The Balaban J connectivity index is 2.46. The number of ether oxygens (including phenoxy) is 1. The summed E-state index contributed by atoms with van der Waals surface area (Å²) in [7, 11) is -2.01. The van der Waals surface area contributed by atoms with E-state index in [1.807, 2.05) is 13.8 Å². The van der Waals surface area contributed by atoms with E-state index < -0.39 is 10.0 Å². The van der Waals surface area contributed by atoms with Crippen molar-refractivity contribution < 1.29 is 13.2 Å². The molecule has 0 bridgehead atoms. The van der Waals surface area contributed by atoms with Crippen molar-refractivity contribution in [3.63, 3.8) is 0 Å². The van der Waals surface area contributed by atoms with Crippen LogP contribution in [0.3, 0.4) is 0 Å². The fraction of sp³-hybridized carbons (Fsp3) is 0.250. The summed E-state index contributed by atoms with van der Waals surface area (Å²) in [5, 5.41) is 0. The van der Waals surface area contributed by atoms with E-state index in [2.05, 4.69) is 0 Å². The normalized spacial score (nSPS) is 11.2. The van der Waals surface area contributed by atoms with Crippen LogP contribution in [-0.4, -0.2) is 22.1 Å². The molecule has 2 rings (SSSR count). The van der Waals surface area contributed by atoms with Crippen molar-refractivity contribution in [2.75, 3.05) is 18.0 Å². The second-order valence-electron chi connectivity index (χ2n) is 4.68. The van der Waals surface area contributed by atoms with Gasteiger partial charge < -0.3 is 4.74 Å². The predicted octanol–water partition coefficient (Wildman–Crippen LogP) is 3.22. The maximum Gasteiger partial charge on any atom is 0.264 e. The van der Waals surface area contributed by atoms with Crippen LogP contribution < -0.4 is 9.04 Å². The molecule has 0 aromatic heterocycles. The van der Waals surface area contributed by atoms with Crippen LogP contribution in [0.1, 0.15) is 12.5 Å². The van der Waals surface area contributed by atoms with Gasteiger partial charge in [0.05, 0.1) is 17.7 Å². The molecule has 0 saturated carbocycles. The summed E-state index contributed by atoms with van der Waals surface area (Å²) in [5.41, 5.74) is 1.62. The third-order valence-electron chi connectivity index (χ3n) is 3.24. The molecule has 0 radical (unpaired) electrons. The van der Waals surface area contributed by atoms with Crippen molar-refractivity contribution in [1.82, 2.24) is 0 Å². The lowest BCUT2D eigenvalue weighted by molar-refractivity contribution is 0.415. The molecule has 0 spiro atoms. The van der Waals surface area contributed by atoms with E-state index in [0.717, 1.165) is 5.56 Å². The highest BCUT2D eigenvalue weighted by Crippen LogP contribution is 2.26. The van der Waals surface area contributed by atoms with E-state index in [-0.39, 0.29) is 4.90 Å². The molecular formula is C16H19NO3S. The molecule has 4 nitrogen and oxygen atoms in total. The first-order valence-electron chi connectivity index (χ1n) is 6.72. The van der Waals surface area contributed by atoms with Gasteiger partial charge in [-0.1, -0.05) is 23.8 Å². The molecule has 0 amide bonds. The molecule has 0 fully saturated rings. The Morgan fingerprint density at radius 3 is 2.33 bits per heavy atom. The molecule has 0 heterocycles. The Bertz CT molecular complexity index is 709. The Kier molecular flexibility index (Phi) is 4.53. The number of methoxy groups -OCH3 is 1. The van der Waals surface area contributed by atoms with Crippen LogP contribution >= 0.6 is 0 Å². The molecule has 2 aromatic rings. The molecule has 0 aliphatic heterocycles. The van der Waals surface area contributed by atoms with Crippen LogP contribution in [0.25, 0.3) is 0 Å². The highest BCUT2D eigenvalue weighted by molar-refractivity contribution is 7.92. The van der Waals surface area contributed by atoms with E-state index in [1.54, 1.807) is 55.6 Å². The van der Waals surface area contributed by atoms with E-state index in [0.29, 0.717) is 18.0 Å². The minimum Gasteiger partial charge on any atom is -0.497 e. The lowest BCUT2D eigenvalue weighted by atomic mass is 10.2. The SMILES string of the molecule is CCN(c1cccc(OC)c1)S(=O)(=O)c1ccc(C)cc1. The number of hydrogen-bond donors (Lipinski definition) is 0. The van der Waals surface area contributed by atoms with Gasteiger partial charge in [0, 0.05) is 12.6 Å². The molecule has 0 saturated heterocycles. The summed E-state index contributed by atoms with van der Waals surface area (Å²) in [6, 6.07) is 13.9. The van der Waals surface area contributed by atoms with Crippen LogP contribution in [0.5, 0.6) is 5.75 Å². The molecule has 2 aromatic carbocycles. The van der Waals surface area contributed by atoms with Crippen LogP contribution in [0, 0.1) is 6.92 Å². The summed E-state index contributed by atoms with van der Waals surface area (Å²) in [6.07, 6.45) is 0. The molecule has 21 heavy (non-hydrogen) atoms. The van der Waals surface area contributed by atoms with Crippen LogP contribution in [0.4, 0.5) is 5.69 Å². The smallest absolute Gasteiger partial charge is 0.264 e. The van der Waals surface area contributed by atoms with Gasteiger partial charge in [0.1, 0.15) is 5.75 Å². The minimum absolute atomic E-state index is 0.290. The second kappa shape index (κ2) is 6.18. The summed E-state index contributed by atoms with van der Waals surface area (Å²) in [6.45, 7) is 4.09. The van der Waals surface area contributed by atoms with Gasteiger partial charge in [0.25, 0.3) is 10.0 Å². The average molecular weight is 305 g/mol. The number of rotatable bonds is 5. The largest absolute Gasteiger partial charge is 0.497 e. The molecule has 5 heteroatoms. The number of hydrogen-bond acceptors (Lipinski definition) is 3. The number of benzene rings is 2. The quantitative estimate of drug-likeness (QED) is 0.852. The van der Waals surface area contributed by atoms with Gasteiger partial charge >= 0.3 is 0 Å².